The average Bonchev–Trinajstić information content (AvgIpc) is 3.69. The van der Waals surface area contributed by atoms with E-state index in [1.807, 2.05) is 91.0 Å². The van der Waals surface area contributed by atoms with Crippen molar-refractivity contribution in [1.82, 2.24) is 4.98 Å². The predicted octanol–water partition coefficient (Wildman–Crippen LogP) is 1.07. The predicted molar refractivity (Wildman–Crippen MR) is 162 cm³/mol. The van der Waals surface area contributed by atoms with Crippen LogP contribution in [0.5, 0.6) is 0 Å². The molecule has 209 valence electrons. The van der Waals surface area contributed by atoms with Crippen LogP contribution < -0.4 is 24.8 Å². The minimum absolute atomic E-state index is 0. The molecule has 5 nitrogen and oxygen atoms in total. The molecule has 2 aliphatic heterocycles. The molecule has 8 heteroatoms. The first-order chi connectivity index (χ1) is 19.8. The van der Waals surface area contributed by atoms with Crippen LogP contribution in [0.1, 0.15) is 45.7 Å². The zero-order valence-corrected chi connectivity index (χ0v) is 25.8. The molecule has 0 bridgehead atoms. The molecular weight excluding hydrogens is 612 g/mol. The quantitative estimate of drug-likeness (QED) is 0.275. The van der Waals surface area contributed by atoms with Crippen molar-refractivity contribution < 1.29 is 43.4 Å². The van der Waals surface area contributed by atoms with Gasteiger partial charge in [-0.25, -0.2) is 15.0 Å². The molecule has 0 spiro atoms. The van der Waals surface area contributed by atoms with E-state index in [-0.39, 0.29) is 55.5 Å². The molecule has 2 atom stereocenters. The standard InChI is InChI=1S/C35H25N5.2ClH.V/c1-5-14-24(15-6-1)30-31(25-16-7-2-8-17-25)38-34(37-30)28-22-13-23-29(36-28)35-39-32(26-18-9-3-10-19-26)33(40-35)27-20-11-4-12-21-27;;;/h1-23,30,32H;2*1H;/q;;;+2/p-2. The Morgan fingerprint density at radius 1 is 0.395 bits per heavy atom. The van der Waals surface area contributed by atoms with Crippen molar-refractivity contribution in [2.45, 2.75) is 12.1 Å². The van der Waals surface area contributed by atoms with Crippen LogP contribution in [0.2, 0.25) is 0 Å². The number of aliphatic imine (C=N–C) groups is 4. The summed E-state index contributed by atoms with van der Waals surface area (Å²) in [4.78, 5) is 25.1. The van der Waals surface area contributed by atoms with Crippen LogP contribution in [0.25, 0.3) is 0 Å². The summed E-state index contributed by atoms with van der Waals surface area (Å²) in [5.74, 6) is 1.22. The molecule has 0 aliphatic carbocycles. The van der Waals surface area contributed by atoms with E-state index in [0.717, 1.165) is 33.7 Å². The van der Waals surface area contributed by atoms with E-state index in [2.05, 4.69) is 48.5 Å². The topological polar surface area (TPSA) is 62.3 Å². The van der Waals surface area contributed by atoms with Gasteiger partial charge >= 0.3 is 18.6 Å². The number of hydrogen-bond donors (Lipinski definition) is 0. The first-order valence-corrected chi connectivity index (χ1v) is 13.3. The molecule has 0 saturated carbocycles. The van der Waals surface area contributed by atoms with E-state index < -0.39 is 0 Å². The van der Waals surface area contributed by atoms with Gasteiger partial charge in [0.1, 0.15) is 23.5 Å². The van der Waals surface area contributed by atoms with Gasteiger partial charge in [-0.15, -0.1) is 0 Å². The molecule has 7 rings (SSSR count). The molecular formula is C35H25Cl2N5V. The number of amidine groups is 2. The van der Waals surface area contributed by atoms with Gasteiger partial charge in [0.25, 0.3) is 0 Å². The molecule has 2 unspecified atom stereocenters. The molecule has 1 radical (unpaired) electrons. The van der Waals surface area contributed by atoms with E-state index in [0.29, 0.717) is 23.1 Å². The Labute approximate surface area is 275 Å². The molecule has 0 amide bonds. The first kappa shape index (κ1) is 31.8. The van der Waals surface area contributed by atoms with Gasteiger partial charge < -0.3 is 24.8 Å². The smallest absolute Gasteiger partial charge is 1.00 e. The fourth-order valence-electron chi connectivity index (χ4n) is 5.10. The van der Waals surface area contributed by atoms with Gasteiger partial charge in [0.2, 0.25) is 0 Å². The van der Waals surface area contributed by atoms with Gasteiger partial charge in [0.15, 0.2) is 11.7 Å². The maximum atomic E-state index is 5.05. The van der Waals surface area contributed by atoms with Crippen molar-refractivity contribution in [2.75, 3.05) is 0 Å². The van der Waals surface area contributed by atoms with E-state index in [1.54, 1.807) is 0 Å². The molecule has 0 fully saturated rings. The van der Waals surface area contributed by atoms with Crippen molar-refractivity contribution in [3.05, 3.63) is 173 Å². The molecule has 2 aliphatic rings. The van der Waals surface area contributed by atoms with E-state index in [1.165, 1.54) is 0 Å². The number of pyridine rings is 1. The second-order valence-electron chi connectivity index (χ2n) is 9.67. The van der Waals surface area contributed by atoms with Gasteiger partial charge in [0, 0.05) is 0 Å². The number of rotatable bonds is 6. The van der Waals surface area contributed by atoms with Gasteiger partial charge in [-0.3, -0.25) is 9.98 Å². The molecule has 0 N–H and O–H groups in total. The summed E-state index contributed by atoms with van der Waals surface area (Å²) in [7, 11) is 0. The van der Waals surface area contributed by atoms with E-state index in [9.17, 15) is 0 Å². The van der Waals surface area contributed by atoms with Gasteiger partial charge in [-0.05, 0) is 34.4 Å². The maximum Gasteiger partial charge on any atom is 2.00 e. The third-order valence-corrected chi connectivity index (χ3v) is 7.05. The fraction of sp³-hybridized carbons (Fsp3) is 0.0571. The number of hydrogen-bond acceptors (Lipinski definition) is 5. The van der Waals surface area contributed by atoms with Gasteiger partial charge in [0.05, 0.1) is 11.4 Å². The molecule has 43 heavy (non-hydrogen) atoms. The third kappa shape index (κ3) is 6.61. The van der Waals surface area contributed by atoms with Crippen molar-refractivity contribution in [3.8, 4) is 0 Å². The Balaban J connectivity index is 0.00000141. The molecule has 4 aromatic carbocycles. The van der Waals surface area contributed by atoms with Crippen molar-refractivity contribution in [2.24, 2.45) is 20.0 Å². The molecule has 0 saturated heterocycles. The summed E-state index contributed by atoms with van der Waals surface area (Å²) in [6, 6.07) is 46.5. The normalized spacial score (nSPS) is 16.8. The van der Waals surface area contributed by atoms with Crippen LogP contribution in [0.15, 0.2) is 159 Å². The van der Waals surface area contributed by atoms with Crippen molar-refractivity contribution >= 4 is 23.1 Å². The second-order valence-corrected chi connectivity index (χ2v) is 9.67. The molecule has 3 heterocycles. The van der Waals surface area contributed by atoms with Crippen LogP contribution >= 0.6 is 0 Å². The third-order valence-electron chi connectivity index (χ3n) is 7.05. The summed E-state index contributed by atoms with van der Waals surface area (Å²) < 4.78 is 0. The number of nitrogens with zero attached hydrogens (tertiary/aromatic N) is 5. The number of halogens is 2. The Morgan fingerprint density at radius 2 is 0.744 bits per heavy atom. The Morgan fingerprint density at radius 3 is 1.12 bits per heavy atom. The Kier molecular flexibility index (Phi) is 10.6. The summed E-state index contributed by atoms with van der Waals surface area (Å²) in [5.41, 5.74) is 7.53. The van der Waals surface area contributed by atoms with E-state index >= 15 is 0 Å². The van der Waals surface area contributed by atoms with Crippen LogP contribution in [0, 0.1) is 0 Å². The van der Waals surface area contributed by atoms with Crippen molar-refractivity contribution in [1.29, 1.82) is 0 Å². The second kappa shape index (κ2) is 14.4. The fourth-order valence-corrected chi connectivity index (χ4v) is 5.10. The summed E-state index contributed by atoms with van der Waals surface area (Å²) in [6.07, 6.45) is 0. The number of benzene rings is 4. The summed E-state index contributed by atoms with van der Waals surface area (Å²) in [5, 5.41) is 0. The molecule has 5 aromatic rings. The zero-order chi connectivity index (χ0) is 26.7. The van der Waals surface area contributed by atoms with Gasteiger partial charge in [-0.2, -0.15) is 0 Å². The zero-order valence-electron chi connectivity index (χ0n) is 22.9. The van der Waals surface area contributed by atoms with E-state index in [4.69, 9.17) is 25.0 Å². The summed E-state index contributed by atoms with van der Waals surface area (Å²) in [6.45, 7) is 0. The van der Waals surface area contributed by atoms with Gasteiger partial charge in [-0.1, -0.05) is 127 Å². The first-order valence-electron chi connectivity index (χ1n) is 13.3. The minimum Gasteiger partial charge on any atom is -1.00 e. The SMILES string of the molecule is [Cl-].[Cl-].[V+2].c1ccc(C2=NC(c3cccc(C4=NC(c5ccccc5)C(c5ccccc5)=N4)n3)=NC2c2ccccc2)cc1. The van der Waals surface area contributed by atoms with Crippen LogP contribution in [-0.4, -0.2) is 28.1 Å². The Hall–Kier alpha value is -4.13. The van der Waals surface area contributed by atoms with Crippen molar-refractivity contribution in [3.63, 3.8) is 0 Å². The van der Waals surface area contributed by atoms with Crippen LogP contribution in [0.3, 0.4) is 0 Å². The largest absolute Gasteiger partial charge is 2.00 e. The minimum atomic E-state index is -0.196. The average molecular weight is 637 g/mol. The monoisotopic (exact) mass is 636 g/mol. The summed E-state index contributed by atoms with van der Waals surface area (Å²) >= 11 is 0. The number of aromatic nitrogens is 1. The molecule has 1 aromatic heterocycles. The van der Waals surface area contributed by atoms with Crippen LogP contribution in [-0.2, 0) is 18.6 Å². The van der Waals surface area contributed by atoms with Crippen LogP contribution in [0.4, 0.5) is 0 Å². The maximum absolute atomic E-state index is 5.05. The Bertz CT molecular complexity index is 1660.